The fourth-order valence-electron chi connectivity index (χ4n) is 3.58. The fraction of sp³-hybridized carbons (Fsp3) is 0. The molecule has 40 heavy (non-hydrogen) atoms. The molecule has 1 aliphatic carbocycles. The average molecular weight is 585 g/mol. The summed E-state index contributed by atoms with van der Waals surface area (Å²) < 4.78 is 0. The van der Waals surface area contributed by atoms with Gasteiger partial charge in [0.15, 0.2) is 5.78 Å². The minimum atomic E-state index is -1.01. The maximum Gasteiger partial charge on any atom is 0.285 e. The lowest BCUT2D eigenvalue weighted by molar-refractivity contribution is -0.395. The van der Waals surface area contributed by atoms with Crippen molar-refractivity contribution in [2.45, 2.75) is 0 Å². The van der Waals surface area contributed by atoms with Crippen LogP contribution in [-0.2, 0) is 0 Å². The van der Waals surface area contributed by atoms with Crippen LogP contribution < -0.4 is 0 Å². The molecule has 1 aliphatic rings. The molecule has 0 saturated carbocycles. The molecule has 0 bridgehead atoms. The Hall–Kier alpha value is -5.27. The first-order chi connectivity index (χ1) is 18.9. The molecular weight excluding hydrogens is 571 g/mol. The smallest absolute Gasteiger partial charge is 0.285 e. The Bertz CT molecular complexity index is 1530. The van der Waals surface area contributed by atoms with Crippen LogP contribution in [0.4, 0.5) is 22.7 Å². The van der Waals surface area contributed by atoms with Gasteiger partial charge in [-0.15, -0.1) is 0 Å². The molecule has 0 amide bonds. The lowest BCUT2D eigenvalue weighted by Crippen LogP contribution is -2.00. The van der Waals surface area contributed by atoms with Gasteiger partial charge in [0.25, 0.3) is 22.7 Å². The molecule has 202 valence electrons. The molecule has 0 saturated heterocycles. The predicted molar refractivity (Wildman–Crippen MR) is 145 cm³/mol. The first kappa shape index (κ1) is 29.3. The number of nitrogens with zero attached hydrogens (tertiary/aromatic N) is 4. The van der Waals surface area contributed by atoms with Gasteiger partial charge < -0.3 is 0 Å². The maximum atomic E-state index is 12.5. The number of halogens is 2. The molecule has 4 aromatic rings. The third kappa shape index (κ3) is 6.59. The molecule has 0 N–H and O–H groups in total. The largest absolute Gasteiger partial charge is 0.289 e. The second-order valence-electron chi connectivity index (χ2n) is 7.72. The van der Waals surface area contributed by atoms with Crippen LogP contribution in [0.2, 0.25) is 10.0 Å². The van der Waals surface area contributed by atoms with Gasteiger partial charge in [-0.3, -0.25) is 45.3 Å². The van der Waals surface area contributed by atoms with Gasteiger partial charge in [-0.25, -0.2) is 0 Å². The van der Waals surface area contributed by atoms with E-state index >= 15 is 0 Å². The fourth-order valence-corrected chi connectivity index (χ4v) is 3.87. The van der Waals surface area contributed by atoms with Crippen LogP contribution in [0.25, 0.3) is 11.1 Å². The summed E-state index contributed by atoms with van der Waals surface area (Å²) in [6.07, 6.45) is 0. The molecular formula is C25H14Cl2N4O9. The summed E-state index contributed by atoms with van der Waals surface area (Å²) in [5.74, 6) is -1.01. The van der Waals surface area contributed by atoms with E-state index in [2.05, 4.69) is 0 Å². The number of hydrogen-bond donors (Lipinski definition) is 0. The molecule has 15 heteroatoms. The highest BCUT2D eigenvalue weighted by molar-refractivity contribution is 6.30. The van der Waals surface area contributed by atoms with E-state index in [1.807, 2.05) is 60.7 Å². The summed E-state index contributed by atoms with van der Waals surface area (Å²) >= 11 is 11.1. The Balaban J connectivity index is 0.000000255. The van der Waals surface area contributed by atoms with E-state index in [4.69, 9.17) is 23.2 Å². The van der Waals surface area contributed by atoms with E-state index in [-0.39, 0.29) is 0 Å². The van der Waals surface area contributed by atoms with Crippen molar-refractivity contribution < 1.29 is 24.5 Å². The standard InChI is InChI=1S/C13H4N4O9.2C6H5Cl/c18-13-7-1-5(14(19)20)3-9(16(23)24)11(7)12-8(13)2-6(15(21)22)4-10(12)17(25)26;2*7-6-4-2-1-3-5-6/h1-4H;2*1-5H. The number of nitro groups is 4. The van der Waals surface area contributed by atoms with Crippen molar-refractivity contribution in [2.75, 3.05) is 0 Å². The summed E-state index contributed by atoms with van der Waals surface area (Å²) in [5.41, 5.74) is -5.20. The number of hydrogen-bond acceptors (Lipinski definition) is 9. The Kier molecular flexibility index (Phi) is 9.16. The third-order valence-corrected chi connectivity index (χ3v) is 5.73. The monoisotopic (exact) mass is 584 g/mol. The van der Waals surface area contributed by atoms with Gasteiger partial charge in [0.1, 0.15) is 0 Å². The third-order valence-electron chi connectivity index (χ3n) is 5.23. The first-order valence-corrected chi connectivity index (χ1v) is 11.6. The van der Waals surface area contributed by atoms with Crippen LogP contribution in [0.5, 0.6) is 0 Å². The van der Waals surface area contributed by atoms with Gasteiger partial charge in [0.05, 0.1) is 43.0 Å². The number of carbonyl (C=O) groups excluding carboxylic acids is 1. The van der Waals surface area contributed by atoms with Gasteiger partial charge in [-0.1, -0.05) is 59.6 Å². The van der Waals surface area contributed by atoms with Crippen molar-refractivity contribution in [1.29, 1.82) is 0 Å². The minimum absolute atomic E-state index is 0.470. The Morgan fingerprint density at radius 1 is 0.500 bits per heavy atom. The number of nitro benzene ring substituents is 4. The molecule has 0 radical (unpaired) electrons. The topological polar surface area (TPSA) is 190 Å². The van der Waals surface area contributed by atoms with Crippen LogP contribution in [0.1, 0.15) is 15.9 Å². The number of non-ortho nitro benzene ring substituents is 2. The Morgan fingerprint density at radius 2 is 0.825 bits per heavy atom. The molecule has 0 heterocycles. The van der Waals surface area contributed by atoms with Gasteiger partial charge >= 0.3 is 0 Å². The van der Waals surface area contributed by atoms with E-state index < -0.39 is 70.5 Å². The number of rotatable bonds is 4. The van der Waals surface area contributed by atoms with Crippen molar-refractivity contribution in [3.05, 3.63) is 147 Å². The highest BCUT2D eigenvalue weighted by Crippen LogP contribution is 2.49. The number of carbonyl (C=O) groups is 1. The van der Waals surface area contributed by atoms with Crippen LogP contribution in [-0.4, -0.2) is 25.5 Å². The number of benzene rings is 4. The molecule has 0 fully saturated rings. The lowest BCUT2D eigenvalue weighted by atomic mass is 10.0. The first-order valence-electron chi connectivity index (χ1n) is 10.8. The highest BCUT2D eigenvalue weighted by Gasteiger charge is 2.42. The van der Waals surface area contributed by atoms with Crippen LogP contribution in [0.3, 0.4) is 0 Å². The zero-order chi connectivity index (χ0) is 29.6. The molecule has 4 aromatic carbocycles. The van der Waals surface area contributed by atoms with Gasteiger partial charge in [-0.2, -0.15) is 0 Å². The normalized spacial score (nSPS) is 10.6. The van der Waals surface area contributed by atoms with Gasteiger partial charge in [0, 0.05) is 33.3 Å². The van der Waals surface area contributed by atoms with E-state index in [0.717, 1.165) is 22.2 Å². The summed E-state index contributed by atoms with van der Waals surface area (Å²) in [5, 5.41) is 46.1. The molecule has 0 unspecified atom stereocenters. The SMILES string of the molecule is Clc1ccccc1.Clc1ccccc1.O=C1c2cc([N+](=O)[O-])cc([N+](=O)[O-])c2-c2c1cc([N+](=O)[O-])cc2[N+](=O)[O-]. The molecule has 0 aromatic heterocycles. The van der Waals surface area contributed by atoms with Crippen LogP contribution >= 0.6 is 23.2 Å². The second kappa shape index (κ2) is 12.5. The van der Waals surface area contributed by atoms with E-state index in [1.165, 1.54) is 0 Å². The summed E-state index contributed by atoms with van der Waals surface area (Å²) in [6.45, 7) is 0. The van der Waals surface area contributed by atoms with Crippen molar-refractivity contribution >= 4 is 51.7 Å². The lowest BCUT2D eigenvalue weighted by Gasteiger charge is -2.03. The van der Waals surface area contributed by atoms with Crippen molar-refractivity contribution in [2.24, 2.45) is 0 Å². The van der Waals surface area contributed by atoms with Crippen LogP contribution in [0.15, 0.2) is 84.9 Å². The summed E-state index contributed by atoms with van der Waals surface area (Å²) in [4.78, 5) is 53.1. The molecule has 5 rings (SSSR count). The minimum Gasteiger partial charge on any atom is -0.289 e. The average Bonchev–Trinajstić information content (AvgIpc) is 3.20. The summed E-state index contributed by atoms with van der Waals surface area (Å²) in [6, 6.07) is 21.5. The second-order valence-corrected chi connectivity index (χ2v) is 8.60. The maximum absolute atomic E-state index is 12.5. The number of ketones is 1. The molecule has 13 nitrogen and oxygen atoms in total. The molecule has 0 atom stereocenters. The van der Waals surface area contributed by atoms with Crippen molar-refractivity contribution in [1.82, 2.24) is 0 Å². The van der Waals surface area contributed by atoms with Crippen molar-refractivity contribution in [3.63, 3.8) is 0 Å². The molecule has 0 aliphatic heterocycles. The zero-order valence-electron chi connectivity index (χ0n) is 19.8. The number of fused-ring (bicyclic) bond motifs is 3. The van der Waals surface area contributed by atoms with Crippen LogP contribution in [0, 0.1) is 40.5 Å². The quantitative estimate of drug-likeness (QED) is 0.155. The van der Waals surface area contributed by atoms with E-state index in [9.17, 15) is 45.3 Å². The summed E-state index contributed by atoms with van der Waals surface area (Å²) in [7, 11) is 0. The van der Waals surface area contributed by atoms with Crippen molar-refractivity contribution in [3.8, 4) is 11.1 Å². The Labute approximate surface area is 233 Å². The van der Waals surface area contributed by atoms with Gasteiger partial charge in [-0.05, 0) is 24.3 Å². The van der Waals surface area contributed by atoms with E-state index in [0.29, 0.717) is 12.1 Å². The van der Waals surface area contributed by atoms with E-state index in [1.54, 1.807) is 0 Å². The zero-order valence-corrected chi connectivity index (χ0v) is 21.3. The highest BCUT2D eigenvalue weighted by atomic mass is 35.5. The van der Waals surface area contributed by atoms with Gasteiger partial charge in [0.2, 0.25) is 0 Å². The molecule has 0 spiro atoms. The Morgan fingerprint density at radius 3 is 1.05 bits per heavy atom. The predicted octanol–water partition coefficient (Wildman–Crippen LogP) is 7.21.